The van der Waals surface area contributed by atoms with Crippen molar-refractivity contribution >= 4 is 39.1 Å². The Balaban J connectivity index is 1.90. The summed E-state index contributed by atoms with van der Waals surface area (Å²) >= 11 is 7.60. The average molecular weight is 298 g/mol. The molecule has 2 aliphatic rings. The zero-order valence-corrected chi connectivity index (χ0v) is 11.8. The molecule has 3 atom stereocenters. The largest absolute Gasteiger partial charge is 0.350 e. The minimum Gasteiger partial charge on any atom is -0.350 e. The molecular formula is C10H16ClNO3S2. The van der Waals surface area contributed by atoms with Crippen LogP contribution in [0, 0.1) is 0 Å². The Morgan fingerprint density at radius 3 is 2.59 bits per heavy atom. The lowest BCUT2D eigenvalue weighted by Gasteiger charge is -2.23. The van der Waals surface area contributed by atoms with E-state index in [1.165, 1.54) is 0 Å². The van der Waals surface area contributed by atoms with Crippen LogP contribution in [0.1, 0.15) is 19.3 Å². The lowest BCUT2D eigenvalue weighted by molar-refractivity contribution is -0.121. The Kier molecular flexibility index (Phi) is 4.26. The maximum atomic E-state index is 11.9. The number of hydrogen-bond donors (Lipinski definition) is 1. The van der Waals surface area contributed by atoms with E-state index in [1.807, 2.05) is 0 Å². The topological polar surface area (TPSA) is 63.2 Å². The first-order chi connectivity index (χ1) is 7.98. The highest BCUT2D eigenvalue weighted by Gasteiger charge is 2.38. The monoisotopic (exact) mass is 297 g/mol. The highest BCUT2D eigenvalue weighted by atomic mass is 35.5. The third-order valence-electron chi connectivity index (χ3n) is 3.08. The summed E-state index contributed by atoms with van der Waals surface area (Å²) in [5.41, 5.74) is 0. The Labute approximate surface area is 111 Å². The molecule has 0 spiro atoms. The number of thioether (sulfide) groups is 1. The van der Waals surface area contributed by atoms with Crippen LogP contribution in [-0.2, 0) is 14.6 Å². The van der Waals surface area contributed by atoms with Gasteiger partial charge < -0.3 is 5.32 Å². The minimum absolute atomic E-state index is 0.0235. The quantitative estimate of drug-likeness (QED) is 0.766. The number of carbonyl (C=O) groups is 1. The molecule has 17 heavy (non-hydrogen) atoms. The molecule has 0 bridgehead atoms. The highest BCUT2D eigenvalue weighted by molar-refractivity contribution is 8.00. The minimum atomic E-state index is -3.07. The summed E-state index contributed by atoms with van der Waals surface area (Å²) in [5.74, 6) is 0.898. The first kappa shape index (κ1) is 13.5. The van der Waals surface area contributed by atoms with Gasteiger partial charge in [-0.15, -0.1) is 23.4 Å². The molecule has 0 aromatic carbocycles. The Hall–Kier alpha value is 0.0600. The van der Waals surface area contributed by atoms with Gasteiger partial charge in [-0.1, -0.05) is 6.42 Å². The van der Waals surface area contributed by atoms with Crippen LogP contribution < -0.4 is 5.32 Å². The van der Waals surface area contributed by atoms with Crippen LogP contribution in [0.2, 0.25) is 0 Å². The van der Waals surface area contributed by atoms with Crippen molar-refractivity contribution in [1.29, 1.82) is 0 Å². The molecule has 2 aliphatic heterocycles. The van der Waals surface area contributed by atoms with Gasteiger partial charge in [0.1, 0.15) is 0 Å². The fourth-order valence-electron chi connectivity index (χ4n) is 2.16. The molecular weight excluding hydrogens is 282 g/mol. The van der Waals surface area contributed by atoms with Crippen molar-refractivity contribution in [2.24, 2.45) is 0 Å². The Morgan fingerprint density at radius 2 is 2.06 bits per heavy atom. The van der Waals surface area contributed by atoms with E-state index >= 15 is 0 Å². The average Bonchev–Trinajstić information content (AvgIpc) is 2.53. The van der Waals surface area contributed by atoms with E-state index in [0.29, 0.717) is 0 Å². The predicted molar refractivity (Wildman–Crippen MR) is 70.3 cm³/mol. The summed E-state index contributed by atoms with van der Waals surface area (Å²) in [6, 6.07) is -0.420. The maximum Gasteiger partial charge on any atom is 0.233 e. The first-order valence-electron chi connectivity index (χ1n) is 5.74. The number of nitrogens with one attached hydrogen (secondary N) is 1. The molecule has 1 N–H and O–H groups in total. The second-order valence-corrected chi connectivity index (χ2v) is 8.59. The van der Waals surface area contributed by atoms with E-state index in [-0.39, 0.29) is 22.7 Å². The smallest absolute Gasteiger partial charge is 0.233 e. The van der Waals surface area contributed by atoms with Crippen molar-refractivity contribution in [1.82, 2.24) is 5.32 Å². The van der Waals surface area contributed by atoms with Crippen molar-refractivity contribution in [2.75, 3.05) is 17.3 Å². The molecule has 0 saturated carbocycles. The van der Waals surface area contributed by atoms with Gasteiger partial charge in [0.25, 0.3) is 0 Å². The zero-order valence-electron chi connectivity index (χ0n) is 9.39. The molecule has 3 unspecified atom stereocenters. The number of rotatable bonds is 2. The van der Waals surface area contributed by atoms with Crippen LogP contribution in [0.4, 0.5) is 0 Å². The number of hydrogen-bond acceptors (Lipinski definition) is 4. The van der Waals surface area contributed by atoms with Crippen LogP contribution in [0.3, 0.4) is 0 Å². The van der Waals surface area contributed by atoms with Gasteiger partial charge in [-0.05, 0) is 18.6 Å². The van der Waals surface area contributed by atoms with Crippen LogP contribution >= 0.6 is 23.4 Å². The van der Waals surface area contributed by atoms with Gasteiger partial charge in [0.2, 0.25) is 5.91 Å². The molecule has 2 heterocycles. The zero-order chi connectivity index (χ0) is 12.5. The van der Waals surface area contributed by atoms with Gasteiger partial charge in [-0.25, -0.2) is 8.42 Å². The van der Waals surface area contributed by atoms with E-state index in [4.69, 9.17) is 11.6 Å². The SMILES string of the molecule is O=C(NC1CS(=O)(=O)CC1Cl)C1CCCCS1. The number of amides is 1. The molecule has 2 rings (SSSR count). The molecule has 1 amide bonds. The molecule has 7 heteroatoms. The second-order valence-electron chi connectivity index (χ2n) is 4.56. The van der Waals surface area contributed by atoms with Gasteiger partial charge >= 0.3 is 0 Å². The van der Waals surface area contributed by atoms with E-state index < -0.39 is 21.3 Å². The van der Waals surface area contributed by atoms with Gasteiger partial charge in [0, 0.05) is 0 Å². The molecule has 0 aromatic rings. The van der Waals surface area contributed by atoms with E-state index in [9.17, 15) is 13.2 Å². The van der Waals surface area contributed by atoms with Crippen molar-refractivity contribution in [2.45, 2.75) is 35.9 Å². The number of carbonyl (C=O) groups excluding carboxylic acids is 1. The van der Waals surface area contributed by atoms with E-state index in [0.717, 1.165) is 25.0 Å². The highest BCUT2D eigenvalue weighted by Crippen LogP contribution is 2.26. The lowest BCUT2D eigenvalue weighted by atomic mass is 10.1. The fourth-order valence-corrected chi connectivity index (χ4v) is 5.92. The maximum absolute atomic E-state index is 11.9. The van der Waals surface area contributed by atoms with Gasteiger partial charge in [-0.2, -0.15) is 0 Å². The third-order valence-corrected chi connectivity index (χ3v) is 6.83. The molecule has 4 nitrogen and oxygen atoms in total. The summed E-state index contributed by atoms with van der Waals surface area (Å²) < 4.78 is 22.7. The second kappa shape index (κ2) is 5.36. The van der Waals surface area contributed by atoms with Gasteiger partial charge in [-0.3, -0.25) is 4.79 Å². The summed E-state index contributed by atoms with van der Waals surface area (Å²) in [6.45, 7) is 0. The number of halogens is 1. The van der Waals surface area contributed by atoms with Crippen molar-refractivity contribution in [3.63, 3.8) is 0 Å². The summed E-state index contributed by atoms with van der Waals surface area (Å²) in [6.07, 6.45) is 3.10. The lowest BCUT2D eigenvalue weighted by Crippen LogP contribution is -2.45. The fraction of sp³-hybridized carbons (Fsp3) is 0.900. The Bertz CT molecular complexity index is 392. The molecule has 98 valence electrons. The first-order valence-corrected chi connectivity index (χ1v) is 9.05. The van der Waals surface area contributed by atoms with Gasteiger partial charge in [0.05, 0.1) is 28.2 Å². The standard InChI is InChI=1S/C10H16ClNO3S2/c11-7-5-17(14,15)6-8(7)12-10(13)9-3-1-2-4-16-9/h7-9H,1-6H2,(H,12,13). The van der Waals surface area contributed by atoms with E-state index in [1.54, 1.807) is 11.8 Å². The molecule has 0 aliphatic carbocycles. The Morgan fingerprint density at radius 1 is 1.29 bits per heavy atom. The predicted octanol–water partition coefficient (Wildman–Crippen LogP) is 0.793. The summed E-state index contributed by atoms with van der Waals surface area (Å²) in [7, 11) is -3.07. The van der Waals surface area contributed by atoms with Crippen molar-refractivity contribution in [3.05, 3.63) is 0 Å². The van der Waals surface area contributed by atoms with E-state index in [2.05, 4.69) is 5.32 Å². The third kappa shape index (κ3) is 3.51. The summed E-state index contributed by atoms with van der Waals surface area (Å²) in [4.78, 5) is 11.9. The molecule has 0 radical (unpaired) electrons. The number of alkyl halides is 1. The number of sulfone groups is 1. The van der Waals surface area contributed by atoms with Crippen LogP contribution in [0.15, 0.2) is 0 Å². The van der Waals surface area contributed by atoms with Crippen molar-refractivity contribution < 1.29 is 13.2 Å². The van der Waals surface area contributed by atoms with Crippen LogP contribution in [0.25, 0.3) is 0 Å². The molecule has 0 aromatic heterocycles. The van der Waals surface area contributed by atoms with Gasteiger partial charge in [0.15, 0.2) is 9.84 Å². The molecule has 2 fully saturated rings. The molecule has 2 saturated heterocycles. The normalized spacial score (nSPS) is 36.6. The van der Waals surface area contributed by atoms with Crippen LogP contribution in [0.5, 0.6) is 0 Å². The van der Waals surface area contributed by atoms with Crippen molar-refractivity contribution in [3.8, 4) is 0 Å². The summed E-state index contributed by atoms with van der Waals surface area (Å²) in [5, 5.41) is 2.26. The van der Waals surface area contributed by atoms with Crippen LogP contribution in [-0.4, -0.2) is 48.3 Å².